The van der Waals surface area contributed by atoms with Crippen molar-refractivity contribution in [3.63, 3.8) is 0 Å². The summed E-state index contributed by atoms with van der Waals surface area (Å²) in [6.07, 6.45) is 8.74. The van der Waals surface area contributed by atoms with Crippen molar-refractivity contribution >= 4 is 16.0 Å². The van der Waals surface area contributed by atoms with Gasteiger partial charge < -0.3 is 15.4 Å². The van der Waals surface area contributed by atoms with Crippen LogP contribution in [0.4, 0.5) is 0 Å². The van der Waals surface area contributed by atoms with Gasteiger partial charge in [0.05, 0.1) is 17.6 Å². The quantitative estimate of drug-likeness (QED) is 0.269. The van der Waals surface area contributed by atoms with Gasteiger partial charge in [-0.25, -0.2) is 13.6 Å². The first-order valence-electron chi connectivity index (χ1n) is 9.67. The van der Waals surface area contributed by atoms with Crippen LogP contribution in [0.25, 0.3) is 0 Å². The van der Waals surface area contributed by atoms with Gasteiger partial charge in [0.25, 0.3) is 0 Å². The van der Waals surface area contributed by atoms with Crippen molar-refractivity contribution in [2.24, 2.45) is 10.1 Å². The van der Waals surface area contributed by atoms with E-state index in [0.29, 0.717) is 19.3 Å². The summed E-state index contributed by atoms with van der Waals surface area (Å²) >= 11 is 0. The van der Waals surface area contributed by atoms with E-state index in [1.807, 2.05) is 0 Å². The maximum atomic E-state index is 11.3. The Kier molecular flexibility index (Phi) is 9.03. The number of guanidine groups is 1. The van der Waals surface area contributed by atoms with Crippen LogP contribution in [0.3, 0.4) is 0 Å². The molecule has 0 amide bonds. The van der Waals surface area contributed by atoms with Crippen molar-refractivity contribution in [2.75, 3.05) is 26.7 Å². The number of nitrogens with two attached hydrogens (primary N) is 1. The van der Waals surface area contributed by atoms with E-state index >= 15 is 0 Å². The lowest BCUT2D eigenvalue weighted by atomic mass is 10.1. The molecular weight excluding hydrogens is 364 g/mol. The minimum absolute atomic E-state index is 0.130. The predicted molar refractivity (Wildman–Crippen MR) is 108 cm³/mol. The van der Waals surface area contributed by atoms with E-state index < -0.39 is 10.0 Å². The van der Waals surface area contributed by atoms with Crippen molar-refractivity contribution in [3.8, 4) is 0 Å². The first-order chi connectivity index (χ1) is 13.0. The number of rotatable bonds is 8. The summed E-state index contributed by atoms with van der Waals surface area (Å²) in [5.74, 6) is 0.737. The first-order valence-corrected chi connectivity index (χ1v) is 11.2. The lowest BCUT2D eigenvalue weighted by Crippen LogP contribution is -2.40. The molecular formula is C19H32N4O3S. The fourth-order valence-electron chi connectivity index (χ4n) is 3.20. The van der Waals surface area contributed by atoms with Crippen molar-refractivity contribution < 1.29 is 13.2 Å². The summed E-state index contributed by atoms with van der Waals surface area (Å²) < 4.78 is 28.5. The molecule has 0 spiro atoms. The molecule has 0 saturated heterocycles. The summed E-state index contributed by atoms with van der Waals surface area (Å²) in [5.41, 5.74) is 1.03. The molecule has 0 aliphatic heterocycles. The summed E-state index contributed by atoms with van der Waals surface area (Å²) in [5, 5.41) is 11.6. The highest BCUT2D eigenvalue weighted by Gasteiger charge is 2.12. The summed E-state index contributed by atoms with van der Waals surface area (Å²) in [4.78, 5) is 4.34. The molecule has 1 aromatic rings. The van der Waals surface area contributed by atoms with Gasteiger partial charge in [-0.15, -0.1) is 0 Å². The van der Waals surface area contributed by atoms with E-state index in [0.717, 1.165) is 24.5 Å². The Morgan fingerprint density at radius 3 is 2.33 bits per heavy atom. The molecule has 1 fully saturated rings. The Balaban J connectivity index is 1.63. The lowest BCUT2D eigenvalue weighted by Gasteiger charge is -2.16. The van der Waals surface area contributed by atoms with Crippen LogP contribution < -0.4 is 15.8 Å². The third-order valence-electron chi connectivity index (χ3n) is 4.73. The van der Waals surface area contributed by atoms with E-state index in [9.17, 15) is 8.42 Å². The minimum Gasteiger partial charge on any atom is -0.376 e. The molecule has 0 bridgehead atoms. The number of ether oxygens (including phenoxy) is 1. The zero-order chi connectivity index (χ0) is 19.5. The monoisotopic (exact) mass is 396 g/mol. The largest absolute Gasteiger partial charge is 0.376 e. The van der Waals surface area contributed by atoms with Gasteiger partial charge in [-0.1, -0.05) is 37.8 Å². The highest BCUT2D eigenvalue weighted by molar-refractivity contribution is 7.89. The lowest BCUT2D eigenvalue weighted by molar-refractivity contribution is 0.0468. The Bertz CT molecular complexity index is 681. The van der Waals surface area contributed by atoms with Crippen LogP contribution in [-0.2, 0) is 21.2 Å². The maximum Gasteiger partial charge on any atom is 0.238 e. The van der Waals surface area contributed by atoms with Gasteiger partial charge in [-0.2, -0.15) is 0 Å². The SMILES string of the molecule is CN=C(NCCOC1CCCCCC1)NCCc1ccc(S(N)(=O)=O)cc1. The first kappa shape index (κ1) is 21.7. The van der Waals surface area contributed by atoms with Gasteiger partial charge >= 0.3 is 0 Å². The Hall–Kier alpha value is -1.64. The number of sulfonamides is 1. The van der Waals surface area contributed by atoms with Gasteiger partial charge in [0.1, 0.15) is 0 Å². The molecule has 1 aliphatic rings. The van der Waals surface area contributed by atoms with Crippen LogP contribution in [0.5, 0.6) is 0 Å². The minimum atomic E-state index is -3.64. The zero-order valence-corrected chi connectivity index (χ0v) is 16.9. The number of nitrogens with zero attached hydrogens (tertiary/aromatic N) is 1. The molecule has 2 rings (SSSR count). The zero-order valence-electron chi connectivity index (χ0n) is 16.1. The van der Waals surface area contributed by atoms with E-state index in [1.54, 1.807) is 19.2 Å². The van der Waals surface area contributed by atoms with E-state index in [-0.39, 0.29) is 4.90 Å². The number of hydrogen-bond acceptors (Lipinski definition) is 4. The molecule has 0 heterocycles. The van der Waals surface area contributed by atoms with Crippen molar-refractivity contribution in [3.05, 3.63) is 29.8 Å². The average molecular weight is 397 g/mol. The standard InChI is InChI=1S/C19H32N4O3S/c1-21-19(23-14-15-26-17-6-4-2-3-5-7-17)22-13-12-16-8-10-18(11-9-16)27(20,24)25/h8-11,17H,2-7,12-15H2,1H3,(H2,20,24,25)(H2,21,22,23). The molecule has 27 heavy (non-hydrogen) atoms. The number of primary sulfonamides is 1. The molecule has 0 atom stereocenters. The molecule has 0 radical (unpaired) electrons. The van der Waals surface area contributed by atoms with E-state index in [1.165, 1.54) is 50.7 Å². The number of benzene rings is 1. The molecule has 8 heteroatoms. The van der Waals surface area contributed by atoms with Crippen molar-refractivity contribution in [1.29, 1.82) is 0 Å². The Morgan fingerprint density at radius 1 is 1.11 bits per heavy atom. The second kappa shape index (κ2) is 11.3. The summed E-state index contributed by atoms with van der Waals surface area (Å²) in [6.45, 7) is 2.09. The second-order valence-corrected chi connectivity index (χ2v) is 8.41. The molecule has 0 unspecified atom stereocenters. The van der Waals surface area contributed by atoms with Gasteiger partial charge in [0.2, 0.25) is 10.0 Å². The fraction of sp³-hybridized carbons (Fsp3) is 0.632. The number of hydrogen-bond donors (Lipinski definition) is 3. The molecule has 1 aromatic carbocycles. The number of aliphatic imine (C=N–C) groups is 1. The van der Waals surface area contributed by atoms with Crippen molar-refractivity contribution in [1.82, 2.24) is 10.6 Å². The molecule has 1 aliphatic carbocycles. The van der Waals surface area contributed by atoms with Gasteiger partial charge in [-0.3, -0.25) is 4.99 Å². The molecule has 152 valence electrons. The van der Waals surface area contributed by atoms with Crippen LogP contribution in [0.15, 0.2) is 34.2 Å². The normalized spacial score (nSPS) is 16.7. The average Bonchev–Trinajstić information content (AvgIpc) is 2.92. The smallest absolute Gasteiger partial charge is 0.238 e. The van der Waals surface area contributed by atoms with Crippen LogP contribution >= 0.6 is 0 Å². The maximum absolute atomic E-state index is 11.3. The van der Waals surface area contributed by atoms with Crippen LogP contribution in [0.1, 0.15) is 44.1 Å². The fourth-order valence-corrected chi connectivity index (χ4v) is 3.71. The van der Waals surface area contributed by atoms with Crippen molar-refractivity contribution in [2.45, 2.75) is 55.9 Å². The topological polar surface area (TPSA) is 106 Å². The third-order valence-corrected chi connectivity index (χ3v) is 5.66. The molecule has 4 N–H and O–H groups in total. The Labute approximate surface area is 162 Å². The molecule has 1 saturated carbocycles. The van der Waals surface area contributed by atoms with Crippen LogP contribution in [-0.4, -0.2) is 47.2 Å². The van der Waals surface area contributed by atoms with Gasteiger partial charge in [0, 0.05) is 20.1 Å². The van der Waals surface area contributed by atoms with Crippen LogP contribution in [0.2, 0.25) is 0 Å². The molecule has 0 aromatic heterocycles. The van der Waals surface area contributed by atoms with E-state index in [2.05, 4.69) is 15.6 Å². The van der Waals surface area contributed by atoms with E-state index in [4.69, 9.17) is 9.88 Å². The number of nitrogens with one attached hydrogen (secondary N) is 2. The van der Waals surface area contributed by atoms with Gasteiger partial charge in [-0.05, 0) is 37.0 Å². The highest BCUT2D eigenvalue weighted by Crippen LogP contribution is 2.19. The summed E-state index contributed by atoms with van der Waals surface area (Å²) in [7, 11) is -1.90. The van der Waals surface area contributed by atoms with Gasteiger partial charge in [0.15, 0.2) is 5.96 Å². The second-order valence-electron chi connectivity index (χ2n) is 6.85. The Morgan fingerprint density at radius 2 is 1.74 bits per heavy atom. The predicted octanol–water partition coefficient (Wildman–Crippen LogP) is 1.78. The third kappa shape index (κ3) is 8.28. The molecule has 7 nitrogen and oxygen atoms in total. The highest BCUT2D eigenvalue weighted by atomic mass is 32.2. The van der Waals surface area contributed by atoms with Crippen LogP contribution in [0, 0.1) is 0 Å². The summed E-state index contributed by atoms with van der Waals surface area (Å²) in [6, 6.07) is 6.61.